The molecule has 0 spiro atoms. The maximum atomic E-state index is 11.7. The fourth-order valence-electron chi connectivity index (χ4n) is 1.91. The molecule has 1 aromatic carbocycles. The molecule has 1 aliphatic rings. The summed E-state index contributed by atoms with van der Waals surface area (Å²) in [5, 5.41) is 0. The van der Waals surface area contributed by atoms with Gasteiger partial charge in [-0.3, -0.25) is 0 Å². The van der Waals surface area contributed by atoms with E-state index >= 15 is 0 Å². The van der Waals surface area contributed by atoms with E-state index in [0.717, 1.165) is 18.8 Å². The SMILES string of the molecule is COC(=O)c1cc(N)ccc1N1CCOCC1.Cl.Cl. The van der Waals surface area contributed by atoms with Crippen LogP contribution in [0.15, 0.2) is 18.2 Å². The Bertz CT molecular complexity index is 423. The molecule has 7 heteroatoms. The monoisotopic (exact) mass is 308 g/mol. The van der Waals surface area contributed by atoms with Gasteiger partial charge in [-0.2, -0.15) is 0 Å². The number of hydrogen-bond acceptors (Lipinski definition) is 5. The Kier molecular flexibility index (Phi) is 7.59. The fraction of sp³-hybridized carbons (Fsp3) is 0.417. The van der Waals surface area contributed by atoms with Crippen LogP contribution in [-0.4, -0.2) is 39.4 Å². The second-order valence-electron chi connectivity index (χ2n) is 3.87. The molecule has 0 unspecified atom stereocenters. The Hall–Kier alpha value is -1.17. The summed E-state index contributed by atoms with van der Waals surface area (Å²) in [4.78, 5) is 13.8. The van der Waals surface area contributed by atoms with Crippen LogP contribution in [0.5, 0.6) is 0 Å². The Balaban J connectivity index is 0.00000162. The number of carbonyl (C=O) groups excluding carboxylic acids is 1. The Labute approximate surface area is 124 Å². The van der Waals surface area contributed by atoms with Crippen LogP contribution in [0.25, 0.3) is 0 Å². The van der Waals surface area contributed by atoms with Crippen molar-refractivity contribution in [3.63, 3.8) is 0 Å². The predicted octanol–water partition coefficient (Wildman–Crippen LogP) is 1.74. The molecule has 1 fully saturated rings. The first-order valence-electron chi connectivity index (χ1n) is 5.53. The second-order valence-corrected chi connectivity index (χ2v) is 3.87. The van der Waals surface area contributed by atoms with E-state index in [2.05, 4.69) is 4.90 Å². The summed E-state index contributed by atoms with van der Waals surface area (Å²) >= 11 is 0. The number of rotatable bonds is 2. The molecule has 1 aliphatic heterocycles. The molecule has 0 saturated carbocycles. The van der Waals surface area contributed by atoms with E-state index < -0.39 is 0 Å². The number of nitrogens with zero attached hydrogens (tertiary/aromatic N) is 1. The van der Waals surface area contributed by atoms with Crippen molar-refractivity contribution in [2.75, 3.05) is 44.0 Å². The minimum absolute atomic E-state index is 0. The Morgan fingerprint density at radius 2 is 1.95 bits per heavy atom. The molecule has 0 aliphatic carbocycles. The van der Waals surface area contributed by atoms with Gasteiger partial charge in [-0.1, -0.05) is 0 Å². The van der Waals surface area contributed by atoms with Crippen molar-refractivity contribution >= 4 is 42.2 Å². The number of nitrogen functional groups attached to an aromatic ring is 1. The van der Waals surface area contributed by atoms with E-state index in [1.807, 2.05) is 6.07 Å². The number of benzene rings is 1. The number of morpholine rings is 1. The first kappa shape index (κ1) is 17.8. The topological polar surface area (TPSA) is 64.8 Å². The molecule has 108 valence electrons. The van der Waals surface area contributed by atoms with Gasteiger partial charge >= 0.3 is 5.97 Å². The van der Waals surface area contributed by atoms with Crippen LogP contribution >= 0.6 is 24.8 Å². The summed E-state index contributed by atoms with van der Waals surface area (Å²) in [7, 11) is 1.37. The minimum Gasteiger partial charge on any atom is -0.465 e. The average Bonchev–Trinajstić information content (AvgIpc) is 2.38. The van der Waals surface area contributed by atoms with Crippen molar-refractivity contribution in [2.45, 2.75) is 0 Å². The molecule has 19 heavy (non-hydrogen) atoms. The molecule has 1 heterocycles. The van der Waals surface area contributed by atoms with Crippen molar-refractivity contribution in [1.82, 2.24) is 0 Å². The van der Waals surface area contributed by atoms with Crippen LogP contribution in [0.3, 0.4) is 0 Å². The molecule has 2 rings (SSSR count). The number of anilines is 2. The largest absolute Gasteiger partial charge is 0.465 e. The second kappa shape index (κ2) is 8.09. The van der Waals surface area contributed by atoms with E-state index in [0.29, 0.717) is 24.5 Å². The summed E-state index contributed by atoms with van der Waals surface area (Å²) in [6, 6.07) is 5.29. The normalized spacial score (nSPS) is 14.1. The minimum atomic E-state index is -0.362. The summed E-state index contributed by atoms with van der Waals surface area (Å²) < 4.78 is 10.1. The molecule has 2 N–H and O–H groups in total. The van der Waals surface area contributed by atoms with Crippen LogP contribution in [-0.2, 0) is 9.47 Å². The molecular weight excluding hydrogens is 291 g/mol. The lowest BCUT2D eigenvalue weighted by atomic mass is 10.1. The van der Waals surface area contributed by atoms with Crippen LogP contribution in [0.4, 0.5) is 11.4 Å². The van der Waals surface area contributed by atoms with Crippen molar-refractivity contribution in [3.05, 3.63) is 23.8 Å². The third-order valence-electron chi connectivity index (χ3n) is 2.78. The molecule has 0 atom stereocenters. The zero-order valence-electron chi connectivity index (χ0n) is 10.6. The zero-order chi connectivity index (χ0) is 12.3. The molecule has 5 nitrogen and oxygen atoms in total. The van der Waals surface area contributed by atoms with Crippen molar-refractivity contribution < 1.29 is 14.3 Å². The van der Waals surface area contributed by atoms with Crippen molar-refractivity contribution in [2.24, 2.45) is 0 Å². The first-order chi connectivity index (χ1) is 8.22. The van der Waals surface area contributed by atoms with E-state index in [1.165, 1.54) is 7.11 Å². The quantitative estimate of drug-likeness (QED) is 0.666. The van der Waals surface area contributed by atoms with Gasteiger partial charge in [0, 0.05) is 18.8 Å². The predicted molar refractivity (Wildman–Crippen MR) is 79.7 cm³/mol. The number of carbonyl (C=O) groups is 1. The molecule has 1 aromatic rings. The highest BCUT2D eigenvalue weighted by Gasteiger charge is 2.19. The zero-order valence-corrected chi connectivity index (χ0v) is 12.3. The lowest BCUT2D eigenvalue weighted by Crippen LogP contribution is -2.37. The van der Waals surface area contributed by atoms with E-state index in [1.54, 1.807) is 12.1 Å². The molecule has 1 saturated heterocycles. The Morgan fingerprint density at radius 1 is 1.32 bits per heavy atom. The number of esters is 1. The fourth-order valence-corrected chi connectivity index (χ4v) is 1.91. The highest BCUT2D eigenvalue weighted by molar-refractivity contribution is 5.97. The van der Waals surface area contributed by atoms with Gasteiger partial charge in [0.1, 0.15) is 0 Å². The molecule has 0 aromatic heterocycles. The van der Waals surface area contributed by atoms with Crippen LogP contribution in [0, 0.1) is 0 Å². The highest BCUT2D eigenvalue weighted by atomic mass is 35.5. The summed E-state index contributed by atoms with van der Waals surface area (Å²) in [5.74, 6) is -0.362. The molecule has 0 bridgehead atoms. The lowest BCUT2D eigenvalue weighted by Gasteiger charge is -2.30. The van der Waals surface area contributed by atoms with Gasteiger partial charge in [0.15, 0.2) is 0 Å². The van der Waals surface area contributed by atoms with Gasteiger partial charge in [-0.25, -0.2) is 4.79 Å². The van der Waals surface area contributed by atoms with Crippen molar-refractivity contribution in [3.8, 4) is 0 Å². The van der Waals surface area contributed by atoms with E-state index in [9.17, 15) is 4.79 Å². The average molecular weight is 309 g/mol. The molecule has 0 radical (unpaired) electrons. The summed E-state index contributed by atoms with van der Waals surface area (Å²) in [6.45, 7) is 2.89. The van der Waals surface area contributed by atoms with Crippen LogP contribution in [0.2, 0.25) is 0 Å². The van der Waals surface area contributed by atoms with E-state index in [4.69, 9.17) is 15.2 Å². The standard InChI is InChI=1S/C12H16N2O3.2ClH/c1-16-12(15)10-8-9(13)2-3-11(10)14-4-6-17-7-5-14;;/h2-3,8H,4-7,13H2,1H3;2*1H. The molecule has 0 amide bonds. The van der Waals surface area contributed by atoms with Gasteiger partial charge in [0.2, 0.25) is 0 Å². The van der Waals surface area contributed by atoms with Crippen molar-refractivity contribution in [1.29, 1.82) is 0 Å². The number of ether oxygens (including phenoxy) is 2. The van der Waals surface area contributed by atoms with Gasteiger partial charge < -0.3 is 20.1 Å². The maximum absolute atomic E-state index is 11.7. The number of halogens is 2. The number of methoxy groups -OCH3 is 1. The third-order valence-corrected chi connectivity index (χ3v) is 2.78. The van der Waals surface area contributed by atoms with E-state index in [-0.39, 0.29) is 30.8 Å². The number of hydrogen-bond donors (Lipinski definition) is 1. The third kappa shape index (κ3) is 4.16. The number of nitrogens with two attached hydrogens (primary N) is 1. The van der Waals surface area contributed by atoms with Gasteiger partial charge in [0.25, 0.3) is 0 Å². The van der Waals surface area contributed by atoms with Gasteiger partial charge in [0.05, 0.1) is 31.6 Å². The van der Waals surface area contributed by atoms with Crippen LogP contribution < -0.4 is 10.6 Å². The maximum Gasteiger partial charge on any atom is 0.340 e. The smallest absolute Gasteiger partial charge is 0.340 e. The first-order valence-corrected chi connectivity index (χ1v) is 5.53. The van der Waals surface area contributed by atoms with Gasteiger partial charge in [-0.15, -0.1) is 24.8 Å². The molecular formula is C12H18Cl2N2O3. The summed E-state index contributed by atoms with van der Waals surface area (Å²) in [6.07, 6.45) is 0. The highest BCUT2D eigenvalue weighted by Crippen LogP contribution is 2.24. The van der Waals surface area contributed by atoms with Crippen LogP contribution in [0.1, 0.15) is 10.4 Å². The summed E-state index contributed by atoms with van der Waals surface area (Å²) in [5.41, 5.74) is 7.62. The lowest BCUT2D eigenvalue weighted by molar-refractivity contribution is 0.0600. The van der Waals surface area contributed by atoms with Gasteiger partial charge in [-0.05, 0) is 18.2 Å². The Morgan fingerprint density at radius 3 is 2.53 bits per heavy atom.